The molecule has 20 heavy (non-hydrogen) atoms. The Bertz CT molecular complexity index is 597. The summed E-state index contributed by atoms with van der Waals surface area (Å²) in [6, 6.07) is 1.03. The molecule has 0 unspecified atom stereocenters. The molecule has 0 aliphatic carbocycles. The van der Waals surface area contributed by atoms with Crippen LogP contribution in [0.3, 0.4) is 0 Å². The van der Waals surface area contributed by atoms with Crippen LogP contribution in [0, 0.1) is 5.92 Å². The molecule has 112 valence electrons. The fraction of sp³-hybridized carbons (Fsp3) is 0.636. The van der Waals surface area contributed by atoms with Gasteiger partial charge in [0.1, 0.15) is 0 Å². The molecule has 0 saturated carbocycles. The van der Waals surface area contributed by atoms with E-state index in [0.717, 1.165) is 6.07 Å². The van der Waals surface area contributed by atoms with Crippen LogP contribution in [0.4, 0.5) is 0 Å². The maximum Gasteiger partial charge on any atom is 0.356 e. The largest absolute Gasteiger partial charge is 0.476 e. The average molecular weight is 303 g/mol. The van der Waals surface area contributed by atoms with Crippen LogP contribution in [-0.2, 0) is 14.8 Å². The van der Waals surface area contributed by atoms with Crippen LogP contribution in [0.15, 0.2) is 11.1 Å². The number of piperidine rings is 1. The topological polar surface area (TPSA) is 113 Å². The number of rotatable bonds is 4. The fourth-order valence-corrected chi connectivity index (χ4v) is 3.60. The van der Waals surface area contributed by atoms with Gasteiger partial charge in [0, 0.05) is 26.3 Å². The minimum absolute atomic E-state index is 0.166. The van der Waals surface area contributed by atoms with E-state index in [2.05, 4.69) is 10.2 Å². The van der Waals surface area contributed by atoms with Crippen molar-refractivity contribution in [3.8, 4) is 0 Å². The SMILES string of the molecule is CO[C@@H]1CN(S(=O)(=O)c2cc(C(=O)O)n[nH]2)CC[C@H]1C. The third-order valence-electron chi connectivity index (χ3n) is 3.55. The molecular weight excluding hydrogens is 286 g/mol. The number of carboxylic acid groups (broad SMARTS) is 1. The number of methoxy groups -OCH3 is 1. The van der Waals surface area contributed by atoms with E-state index in [0.29, 0.717) is 13.0 Å². The lowest BCUT2D eigenvalue weighted by Gasteiger charge is -2.34. The predicted molar refractivity (Wildman–Crippen MR) is 68.9 cm³/mol. The second-order valence-electron chi connectivity index (χ2n) is 4.83. The zero-order chi connectivity index (χ0) is 14.9. The van der Waals surface area contributed by atoms with Gasteiger partial charge in [-0.05, 0) is 12.3 Å². The number of ether oxygens (including phenoxy) is 1. The Morgan fingerprint density at radius 1 is 1.60 bits per heavy atom. The summed E-state index contributed by atoms with van der Waals surface area (Å²) in [4.78, 5) is 10.7. The normalized spacial score (nSPS) is 24.7. The average Bonchev–Trinajstić information content (AvgIpc) is 2.89. The first-order valence-corrected chi connectivity index (χ1v) is 7.62. The van der Waals surface area contributed by atoms with Gasteiger partial charge in [0.05, 0.1) is 6.10 Å². The quantitative estimate of drug-likeness (QED) is 0.819. The van der Waals surface area contributed by atoms with Crippen molar-refractivity contribution in [3.63, 3.8) is 0 Å². The predicted octanol–water partition coefficient (Wildman–Crippen LogP) is 0.153. The molecule has 1 aliphatic heterocycles. The van der Waals surface area contributed by atoms with Crippen LogP contribution in [0.5, 0.6) is 0 Å². The Kier molecular flexibility index (Phi) is 4.11. The Labute approximate surface area is 116 Å². The second kappa shape index (κ2) is 5.51. The van der Waals surface area contributed by atoms with Crippen LogP contribution in [0.25, 0.3) is 0 Å². The molecule has 1 aromatic heterocycles. The van der Waals surface area contributed by atoms with Crippen LogP contribution < -0.4 is 0 Å². The first-order valence-electron chi connectivity index (χ1n) is 6.18. The van der Waals surface area contributed by atoms with Crippen molar-refractivity contribution < 1.29 is 23.1 Å². The molecule has 9 heteroatoms. The first kappa shape index (κ1) is 14.9. The van der Waals surface area contributed by atoms with E-state index in [4.69, 9.17) is 9.84 Å². The van der Waals surface area contributed by atoms with Crippen molar-refractivity contribution in [2.45, 2.75) is 24.5 Å². The van der Waals surface area contributed by atoms with Crippen molar-refractivity contribution in [2.24, 2.45) is 5.92 Å². The number of nitrogens with one attached hydrogen (secondary N) is 1. The highest BCUT2D eigenvalue weighted by Crippen LogP contribution is 2.24. The summed E-state index contributed by atoms with van der Waals surface area (Å²) in [6.45, 7) is 2.64. The number of hydrogen-bond donors (Lipinski definition) is 2. The molecule has 0 radical (unpaired) electrons. The van der Waals surface area contributed by atoms with Gasteiger partial charge in [-0.2, -0.15) is 9.40 Å². The molecule has 8 nitrogen and oxygen atoms in total. The summed E-state index contributed by atoms with van der Waals surface area (Å²) < 4.78 is 31.4. The van der Waals surface area contributed by atoms with E-state index in [1.165, 1.54) is 4.31 Å². The van der Waals surface area contributed by atoms with Gasteiger partial charge >= 0.3 is 5.97 Å². The highest BCUT2D eigenvalue weighted by Gasteiger charge is 2.35. The molecular formula is C11H17N3O5S. The van der Waals surface area contributed by atoms with Gasteiger partial charge in [-0.1, -0.05) is 6.92 Å². The van der Waals surface area contributed by atoms with E-state index in [9.17, 15) is 13.2 Å². The van der Waals surface area contributed by atoms with Gasteiger partial charge in [0.25, 0.3) is 10.0 Å². The lowest BCUT2D eigenvalue weighted by Crippen LogP contribution is -2.46. The van der Waals surface area contributed by atoms with Gasteiger partial charge in [-0.15, -0.1) is 0 Å². The minimum atomic E-state index is -3.77. The molecule has 1 fully saturated rings. The Hall–Kier alpha value is -1.45. The zero-order valence-electron chi connectivity index (χ0n) is 11.2. The van der Waals surface area contributed by atoms with Crippen molar-refractivity contribution in [2.75, 3.05) is 20.2 Å². The summed E-state index contributed by atoms with van der Waals surface area (Å²) in [5.74, 6) is -0.993. The lowest BCUT2D eigenvalue weighted by molar-refractivity contribution is 0.0183. The third kappa shape index (κ3) is 2.69. The number of aromatic carboxylic acids is 1. The van der Waals surface area contributed by atoms with Gasteiger partial charge in [-0.3, -0.25) is 5.10 Å². The van der Waals surface area contributed by atoms with Gasteiger partial charge in [0.15, 0.2) is 10.7 Å². The summed E-state index contributed by atoms with van der Waals surface area (Å²) >= 11 is 0. The lowest BCUT2D eigenvalue weighted by atomic mass is 9.97. The standard InChI is InChI=1S/C11H17N3O5S/c1-7-3-4-14(6-9(7)19-2)20(17,18)10-5-8(11(15)16)12-13-10/h5,7,9H,3-4,6H2,1-2H3,(H,12,13)(H,15,16)/t7-,9-/m1/s1. The monoisotopic (exact) mass is 303 g/mol. The zero-order valence-corrected chi connectivity index (χ0v) is 12.1. The molecule has 2 N–H and O–H groups in total. The van der Waals surface area contributed by atoms with Crippen LogP contribution in [-0.4, -0.2) is 60.3 Å². The Balaban J connectivity index is 2.23. The molecule has 2 atom stereocenters. The minimum Gasteiger partial charge on any atom is -0.476 e. The Morgan fingerprint density at radius 2 is 2.30 bits per heavy atom. The number of aromatic amines is 1. The van der Waals surface area contributed by atoms with Crippen LogP contribution in [0.1, 0.15) is 23.8 Å². The van der Waals surface area contributed by atoms with E-state index in [-0.39, 0.29) is 29.3 Å². The maximum absolute atomic E-state index is 12.4. The van der Waals surface area contributed by atoms with Crippen molar-refractivity contribution in [1.82, 2.24) is 14.5 Å². The fourth-order valence-electron chi connectivity index (χ4n) is 2.22. The second-order valence-corrected chi connectivity index (χ2v) is 6.73. The van der Waals surface area contributed by atoms with Crippen molar-refractivity contribution in [1.29, 1.82) is 0 Å². The van der Waals surface area contributed by atoms with Gasteiger partial charge in [0.2, 0.25) is 0 Å². The third-order valence-corrected chi connectivity index (χ3v) is 5.32. The smallest absolute Gasteiger partial charge is 0.356 e. The molecule has 1 aliphatic rings. The van der Waals surface area contributed by atoms with Gasteiger partial charge < -0.3 is 9.84 Å². The molecule has 0 amide bonds. The van der Waals surface area contributed by atoms with Crippen LogP contribution >= 0.6 is 0 Å². The van der Waals surface area contributed by atoms with Gasteiger partial charge in [-0.25, -0.2) is 13.2 Å². The molecule has 1 aromatic rings. The number of carboxylic acids is 1. The molecule has 0 spiro atoms. The molecule has 2 rings (SSSR count). The number of nitrogens with zero attached hydrogens (tertiary/aromatic N) is 2. The highest BCUT2D eigenvalue weighted by atomic mass is 32.2. The number of sulfonamides is 1. The number of hydrogen-bond acceptors (Lipinski definition) is 5. The molecule has 0 aromatic carbocycles. The summed E-state index contributed by atoms with van der Waals surface area (Å²) in [6.07, 6.45) is 0.526. The van der Waals surface area contributed by atoms with Crippen molar-refractivity contribution >= 4 is 16.0 Å². The number of H-pyrrole nitrogens is 1. The first-order chi connectivity index (χ1) is 9.36. The number of carbonyl (C=O) groups is 1. The molecule has 0 bridgehead atoms. The van der Waals surface area contributed by atoms with E-state index >= 15 is 0 Å². The van der Waals surface area contributed by atoms with E-state index < -0.39 is 16.0 Å². The molecule has 1 saturated heterocycles. The van der Waals surface area contributed by atoms with E-state index in [1.54, 1.807) is 7.11 Å². The van der Waals surface area contributed by atoms with E-state index in [1.807, 2.05) is 6.92 Å². The van der Waals surface area contributed by atoms with Crippen molar-refractivity contribution in [3.05, 3.63) is 11.8 Å². The summed E-state index contributed by atoms with van der Waals surface area (Å²) in [5.41, 5.74) is -0.322. The summed E-state index contributed by atoms with van der Waals surface area (Å²) in [5, 5.41) is 14.3. The maximum atomic E-state index is 12.4. The highest BCUT2D eigenvalue weighted by molar-refractivity contribution is 7.89. The number of aromatic nitrogens is 2. The summed E-state index contributed by atoms with van der Waals surface area (Å²) in [7, 11) is -2.22. The van der Waals surface area contributed by atoms with Crippen LogP contribution in [0.2, 0.25) is 0 Å². The Morgan fingerprint density at radius 3 is 2.85 bits per heavy atom. The molecule has 2 heterocycles.